The summed E-state index contributed by atoms with van der Waals surface area (Å²) in [6, 6.07) is 0. The van der Waals surface area contributed by atoms with Gasteiger partial charge in [0.05, 0.1) is 6.61 Å². The maximum atomic E-state index is 6.10. The summed E-state index contributed by atoms with van der Waals surface area (Å²) in [5, 5.41) is 4.11. The molecule has 1 fully saturated rings. The van der Waals surface area contributed by atoms with E-state index < -0.39 is 0 Å². The van der Waals surface area contributed by atoms with Gasteiger partial charge in [0.2, 0.25) is 5.13 Å². The molecule has 1 aliphatic rings. The molecule has 0 amide bonds. The zero-order valence-corrected chi connectivity index (χ0v) is 13.3. The molecule has 1 saturated carbocycles. The summed E-state index contributed by atoms with van der Waals surface area (Å²) < 4.78 is 15.7. The maximum absolute atomic E-state index is 6.10. The molecule has 0 bridgehead atoms. The van der Waals surface area contributed by atoms with E-state index >= 15 is 0 Å². The van der Waals surface area contributed by atoms with Gasteiger partial charge in [-0.25, -0.2) is 4.98 Å². The Hall–Kier alpha value is -0.720. The first kappa shape index (κ1) is 15.7. The zero-order chi connectivity index (χ0) is 14.3. The molecule has 6 heteroatoms. The number of nitrogens with zero attached hydrogens (tertiary/aromatic N) is 2. The first-order chi connectivity index (χ1) is 9.80. The van der Waals surface area contributed by atoms with Crippen molar-refractivity contribution in [2.45, 2.75) is 51.0 Å². The van der Waals surface area contributed by atoms with Crippen LogP contribution in [0.1, 0.15) is 51.3 Å². The van der Waals surface area contributed by atoms with Gasteiger partial charge in [-0.15, -0.1) is 0 Å². The van der Waals surface area contributed by atoms with E-state index in [0.29, 0.717) is 13.2 Å². The van der Waals surface area contributed by atoms with E-state index in [2.05, 4.69) is 21.6 Å². The molecule has 1 aromatic rings. The minimum Gasteiger partial charge on any atom is -0.383 e. The highest BCUT2D eigenvalue weighted by molar-refractivity contribution is 7.09. The van der Waals surface area contributed by atoms with E-state index in [1.165, 1.54) is 37.2 Å². The van der Waals surface area contributed by atoms with Crippen LogP contribution in [0.25, 0.3) is 0 Å². The first-order valence-electron chi connectivity index (χ1n) is 7.52. The number of hydrogen-bond donors (Lipinski definition) is 1. The molecule has 0 unspecified atom stereocenters. The van der Waals surface area contributed by atoms with Crippen LogP contribution >= 0.6 is 11.5 Å². The van der Waals surface area contributed by atoms with Crippen LogP contribution < -0.4 is 5.32 Å². The molecule has 0 radical (unpaired) electrons. The lowest BCUT2D eigenvalue weighted by Gasteiger charge is -2.29. The highest BCUT2D eigenvalue weighted by atomic mass is 32.1. The van der Waals surface area contributed by atoms with E-state index in [1.807, 2.05) is 0 Å². The average molecular weight is 299 g/mol. The van der Waals surface area contributed by atoms with Crippen LogP contribution in [0.2, 0.25) is 0 Å². The van der Waals surface area contributed by atoms with Crippen LogP contribution in [0.5, 0.6) is 0 Å². The number of aromatic nitrogens is 2. The largest absolute Gasteiger partial charge is 0.383 e. The molecule has 0 saturated heterocycles. The monoisotopic (exact) mass is 299 g/mol. The number of hydrogen-bond acceptors (Lipinski definition) is 6. The molecule has 2 rings (SSSR count). The Bertz CT molecular complexity index is 390. The van der Waals surface area contributed by atoms with Gasteiger partial charge in [0.15, 0.2) is 5.82 Å². The predicted molar refractivity (Wildman–Crippen MR) is 81.3 cm³/mol. The minimum absolute atomic E-state index is 0.261. The Balaban J connectivity index is 2.08. The van der Waals surface area contributed by atoms with Gasteiger partial charge in [-0.05, 0) is 19.8 Å². The van der Waals surface area contributed by atoms with Gasteiger partial charge in [0.25, 0.3) is 0 Å². The average Bonchev–Trinajstić information content (AvgIpc) is 2.80. The third-order valence-electron chi connectivity index (χ3n) is 3.75. The van der Waals surface area contributed by atoms with Crippen molar-refractivity contribution in [1.82, 2.24) is 9.36 Å². The molecule has 5 nitrogen and oxygen atoms in total. The first-order valence-corrected chi connectivity index (χ1v) is 8.29. The molecule has 0 aromatic carbocycles. The van der Waals surface area contributed by atoms with Crippen LogP contribution in [-0.2, 0) is 15.1 Å². The lowest BCUT2D eigenvalue weighted by atomic mass is 9.93. The van der Waals surface area contributed by atoms with Crippen molar-refractivity contribution in [2.24, 2.45) is 0 Å². The van der Waals surface area contributed by atoms with Crippen LogP contribution in [0, 0.1) is 0 Å². The number of rotatable bonds is 7. The second kappa shape index (κ2) is 7.90. The Morgan fingerprint density at radius 3 is 2.65 bits per heavy atom. The van der Waals surface area contributed by atoms with Gasteiger partial charge in [-0.3, -0.25) is 0 Å². The summed E-state index contributed by atoms with van der Waals surface area (Å²) in [7, 11) is 1.70. The molecule has 1 aromatic heterocycles. The minimum atomic E-state index is -0.261. The van der Waals surface area contributed by atoms with Gasteiger partial charge in [0.1, 0.15) is 5.60 Å². The van der Waals surface area contributed by atoms with Crippen molar-refractivity contribution < 1.29 is 9.47 Å². The van der Waals surface area contributed by atoms with Crippen molar-refractivity contribution in [3.05, 3.63) is 5.82 Å². The molecule has 114 valence electrons. The van der Waals surface area contributed by atoms with E-state index in [-0.39, 0.29) is 5.60 Å². The standard InChI is InChI=1S/C14H25N3O2S/c1-3-19-14(8-6-4-5-7-9-14)12-16-13(20-17-12)15-10-11-18-2/h3-11H2,1-2H3,(H,15,16,17). The molecule has 1 heterocycles. The number of methoxy groups -OCH3 is 1. The molecule has 1 aliphatic carbocycles. The van der Waals surface area contributed by atoms with Gasteiger partial charge in [-0.2, -0.15) is 4.37 Å². The summed E-state index contributed by atoms with van der Waals surface area (Å²) in [6.07, 6.45) is 7.05. The highest BCUT2D eigenvalue weighted by Gasteiger charge is 2.37. The second-order valence-corrected chi connectivity index (χ2v) is 5.94. The van der Waals surface area contributed by atoms with E-state index in [9.17, 15) is 0 Å². The fraction of sp³-hybridized carbons (Fsp3) is 0.857. The van der Waals surface area contributed by atoms with Crippen molar-refractivity contribution in [1.29, 1.82) is 0 Å². The number of ether oxygens (including phenoxy) is 2. The Morgan fingerprint density at radius 2 is 2.00 bits per heavy atom. The van der Waals surface area contributed by atoms with Crippen molar-refractivity contribution in [3.8, 4) is 0 Å². The number of nitrogens with one attached hydrogen (secondary N) is 1. The zero-order valence-electron chi connectivity index (χ0n) is 12.5. The fourth-order valence-corrected chi connectivity index (χ4v) is 3.42. The summed E-state index contributed by atoms with van der Waals surface area (Å²) >= 11 is 1.42. The quantitative estimate of drug-likeness (QED) is 0.619. The summed E-state index contributed by atoms with van der Waals surface area (Å²) in [5.41, 5.74) is -0.261. The molecule has 0 atom stereocenters. The topological polar surface area (TPSA) is 56.3 Å². The van der Waals surface area contributed by atoms with Crippen LogP contribution in [0.4, 0.5) is 5.13 Å². The maximum Gasteiger partial charge on any atom is 0.202 e. The molecule has 1 N–H and O–H groups in total. The van der Waals surface area contributed by atoms with E-state index in [4.69, 9.17) is 9.47 Å². The molecular formula is C14H25N3O2S. The third kappa shape index (κ3) is 3.90. The number of anilines is 1. The van der Waals surface area contributed by atoms with Gasteiger partial charge in [-0.1, -0.05) is 25.7 Å². The van der Waals surface area contributed by atoms with Gasteiger partial charge in [0, 0.05) is 31.8 Å². The molecule has 0 spiro atoms. The van der Waals surface area contributed by atoms with E-state index in [1.54, 1.807) is 7.11 Å². The highest BCUT2D eigenvalue weighted by Crippen LogP contribution is 2.38. The summed E-state index contributed by atoms with van der Waals surface area (Å²) in [6.45, 7) is 4.20. The van der Waals surface area contributed by atoms with Crippen molar-refractivity contribution in [2.75, 3.05) is 32.2 Å². The molecule has 20 heavy (non-hydrogen) atoms. The summed E-state index contributed by atoms with van der Waals surface area (Å²) in [5.74, 6) is 0.867. The Kier molecular flexibility index (Phi) is 6.19. The molecular weight excluding hydrogens is 274 g/mol. The van der Waals surface area contributed by atoms with Gasteiger partial charge < -0.3 is 14.8 Å². The smallest absolute Gasteiger partial charge is 0.202 e. The predicted octanol–water partition coefficient (Wildman–Crippen LogP) is 3.18. The lowest BCUT2D eigenvalue weighted by Crippen LogP contribution is -2.30. The van der Waals surface area contributed by atoms with Crippen LogP contribution in [0.3, 0.4) is 0 Å². The molecule has 0 aliphatic heterocycles. The fourth-order valence-electron chi connectivity index (χ4n) is 2.75. The Morgan fingerprint density at radius 1 is 1.25 bits per heavy atom. The normalized spacial score (nSPS) is 18.7. The van der Waals surface area contributed by atoms with Crippen LogP contribution in [0.15, 0.2) is 0 Å². The van der Waals surface area contributed by atoms with Crippen molar-refractivity contribution in [3.63, 3.8) is 0 Å². The second-order valence-electron chi connectivity index (χ2n) is 5.18. The lowest BCUT2D eigenvalue weighted by molar-refractivity contribution is -0.0615. The van der Waals surface area contributed by atoms with E-state index in [0.717, 1.165) is 30.3 Å². The van der Waals surface area contributed by atoms with Gasteiger partial charge >= 0.3 is 0 Å². The Labute approximate surface area is 125 Å². The third-order valence-corrected chi connectivity index (χ3v) is 4.42. The SMILES string of the molecule is CCOC1(c2nsc(NCCOC)n2)CCCCCC1. The summed E-state index contributed by atoms with van der Waals surface area (Å²) in [4.78, 5) is 4.65. The van der Waals surface area contributed by atoms with Crippen molar-refractivity contribution >= 4 is 16.7 Å². The van der Waals surface area contributed by atoms with Crippen LogP contribution in [-0.4, -0.2) is 36.2 Å².